The molecule has 0 spiro atoms. The molecule has 5 rings (SSSR count). The summed E-state index contributed by atoms with van der Waals surface area (Å²) in [4.78, 5) is 22.0. The Labute approximate surface area is 204 Å². The number of ether oxygens (including phenoxy) is 2. The van der Waals surface area contributed by atoms with Gasteiger partial charge in [0.2, 0.25) is 0 Å². The minimum absolute atomic E-state index is 0.140. The van der Waals surface area contributed by atoms with Crippen molar-refractivity contribution in [3.05, 3.63) is 53.0 Å². The third-order valence-corrected chi connectivity index (χ3v) is 6.83. The van der Waals surface area contributed by atoms with E-state index in [4.69, 9.17) is 9.47 Å². The summed E-state index contributed by atoms with van der Waals surface area (Å²) >= 11 is 0. The van der Waals surface area contributed by atoms with E-state index in [1.54, 1.807) is 6.07 Å². The molecular formula is C23H26F3N5O5. The number of benzene rings is 1. The average molecular weight is 509 g/mol. The number of aromatic nitrogens is 2. The van der Waals surface area contributed by atoms with Gasteiger partial charge in [0.1, 0.15) is 29.7 Å². The van der Waals surface area contributed by atoms with Crippen molar-refractivity contribution in [3.63, 3.8) is 0 Å². The number of anilines is 1. The van der Waals surface area contributed by atoms with Crippen LogP contribution in [0.25, 0.3) is 0 Å². The van der Waals surface area contributed by atoms with Crippen molar-refractivity contribution in [1.82, 2.24) is 20.2 Å². The minimum atomic E-state index is -4.70. The predicted octanol–water partition coefficient (Wildman–Crippen LogP) is 0.541. The van der Waals surface area contributed by atoms with Crippen LogP contribution >= 0.6 is 0 Å². The molecule has 2 bridgehead atoms. The highest BCUT2D eigenvalue weighted by Gasteiger charge is 2.59. The fourth-order valence-electron chi connectivity index (χ4n) is 4.78. The van der Waals surface area contributed by atoms with E-state index in [2.05, 4.69) is 25.5 Å². The first-order valence-corrected chi connectivity index (χ1v) is 11.5. The Bertz CT molecular complexity index is 1150. The lowest BCUT2D eigenvalue weighted by Gasteiger charge is -2.43. The van der Waals surface area contributed by atoms with E-state index in [9.17, 15) is 28.2 Å². The number of fused-ring (bicyclic) bond motifs is 3. The number of halogens is 3. The Hall–Kier alpha value is -2.84. The van der Waals surface area contributed by atoms with Crippen LogP contribution in [0, 0.1) is 0 Å². The van der Waals surface area contributed by atoms with Gasteiger partial charge in [-0.05, 0) is 36.7 Å². The van der Waals surface area contributed by atoms with Gasteiger partial charge < -0.3 is 35.2 Å². The first-order chi connectivity index (χ1) is 17.1. The van der Waals surface area contributed by atoms with E-state index < -0.39 is 42.0 Å². The molecule has 0 unspecified atom stereocenters. The summed E-state index contributed by atoms with van der Waals surface area (Å²) in [5.41, 5.74) is 0.119. The lowest BCUT2D eigenvalue weighted by atomic mass is 9.87. The molecule has 3 aliphatic heterocycles. The predicted molar refractivity (Wildman–Crippen MR) is 119 cm³/mol. The monoisotopic (exact) mass is 509 g/mol. The van der Waals surface area contributed by atoms with E-state index in [1.165, 1.54) is 5.56 Å². The van der Waals surface area contributed by atoms with E-state index in [1.807, 2.05) is 19.2 Å². The maximum absolute atomic E-state index is 13.0. The number of carbonyl (C=O) groups excluding carboxylic acids is 1. The fourth-order valence-corrected chi connectivity index (χ4v) is 4.78. The van der Waals surface area contributed by atoms with Crippen molar-refractivity contribution < 1.29 is 37.7 Å². The fraction of sp³-hybridized carbons (Fsp3) is 0.522. The zero-order chi connectivity index (χ0) is 25.7. The number of alkyl halides is 3. The number of nitrogens with one attached hydrogen (secondary N) is 2. The molecule has 2 aromatic rings. The van der Waals surface area contributed by atoms with Gasteiger partial charge in [-0.15, -0.1) is 0 Å². The zero-order valence-electron chi connectivity index (χ0n) is 19.3. The van der Waals surface area contributed by atoms with Crippen molar-refractivity contribution in [1.29, 1.82) is 0 Å². The van der Waals surface area contributed by atoms with Gasteiger partial charge >= 0.3 is 6.18 Å². The van der Waals surface area contributed by atoms with Gasteiger partial charge in [0.05, 0.1) is 25.5 Å². The van der Waals surface area contributed by atoms with Crippen LogP contribution in [-0.4, -0.2) is 87.9 Å². The van der Waals surface area contributed by atoms with Crippen molar-refractivity contribution in [3.8, 4) is 0 Å². The molecule has 13 heteroatoms. The van der Waals surface area contributed by atoms with Crippen LogP contribution < -0.4 is 10.6 Å². The van der Waals surface area contributed by atoms with E-state index >= 15 is 0 Å². The first-order valence-electron chi connectivity index (χ1n) is 11.5. The lowest BCUT2D eigenvalue weighted by Crippen LogP contribution is -2.66. The summed E-state index contributed by atoms with van der Waals surface area (Å²) in [7, 11) is 2.04. The highest BCUT2D eigenvalue weighted by atomic mass is 19.4. The summed E-state index contributed by atoms with van der Waals surface area (Å²) in [5.74, 6) is -0.626. The van der Waals surface area contributed by atoms with Crippen LogP contribution in [0.1, 0.15) is 27.2 Å². The largest absolute Gasteiger partial charge is 0.434 e. The molecule has 0 aliphatic carbocycles. The Kier molecular flexibility index (Phi) is 6.37. The number of aliphatic hydroxyl groups is 2. The number of amides is 1. The summed E-state index contributed by atoms with van der Waals surface area (Å²) in [6.45, 7) is 1.44. The number of rotatable bonds is 5. The molecule has 194 valence electrons. The van der Waals surface area contributed by atoms with Crippen LogP contribution in [-0.2, 0) is 28.6 Å². The Morgan fingerprint density at radius 3 is 2.86 bits per heavy atom. The van der Waals surface area contributed by atoms with Crippen LogP contribution in [0.3, 0.4) is 0 Å². The molecule has 2 saturated heterocycles. The smallest absolute Gasteiger partial charge is 0.388 e. The quantitative estimate of drug-likeness (QED) is 0.457. The second-order valence-corrected chi connectivity index (χ2v) is 9.41. The second kappa shape index (κ2) is 9.23. The molecule has 5 atom stereocenters. The average Bonchev–Trinajstić information content (AvgIpc) is 3.26. The van der Waals surface area contributed by atoms with Crippen LogP contribution in [0.5, 0.6) is 0 Å². The summed E-state index contributed by atoms with van der Waals surface area (Å²) < 4.78 is 50.3. The molecular weight excluding hydrogens is 483 g/mol. The first kappa shape index (κ1) is 24.8. The minimum Gasteiger partial charge on any atom is -0.388 e. The van der Waals surface area contributed by atoms with Gasteiger partial charge in [-0.1, -0.05) is 6.07 Å². The molecule has 10 nitrogen and oxygen atoms in total. The van der Waals surface area contributed by atoms with E-state index in [-0.39, 0.29) is 24.9 Å². The molecule has 2 fully saturated rings. The van der Waals surface area contributed by atoms with Crippen LogP contribution in [0.15, 0.2) is 30.6 Å². The Balaban J connectivity index is 1.25. The molecule has 4 heterocycles. The summed E-state index contributed by atoms with van der Waals surface area (Å²) in [5, 5.41) is 27.0. The third-order valence-electron chi connectivity index (χ3n) is 6.83. The van der Waals surface area contributed by atoms with Gasteiger partial charge in [0.15, 0.2) is 12.0 Å². The zero-order valence-corrected chi connectivity index (χ0v) is 19.3. The second-order valence-electron chi connectivity index (χ2n) is 9.41. The van der Waals surface area contributed by atoms with E-state index in [0.717, 1.165) is 31.3 Å². The van der Waals surface area contributed by atoms with Crippen LogP contribution in [0.4, 0.5) is 19.0 Å². The number of hydrogen-bond donors (Lipinski definition) is 4. The summed E-state index contributed by atoms with van der Waals surface area (Å²) in [6, 6.07) is 4.40. The molecule has 0 radical (unpaired) electrons. The van der Waals surface area contributed by atoms with Gasteiger partial charge in [0, 0.05) is 18.7 Å². The molecule has 0 saturated carbocycles. The van der Waals surface area contributed by atoms with Crippen molar-refractivity contribution in [2.45, 2.75) is 49.3 Å². The Morgan fingerprint density at radius 1 is 1.28 bits per heavy atom. The van der Waals surface area contributed by atoms with Gasteiger partial charge in [-0.3, -0.25) is 9.78 Å². The van der Waals surface area contributed by atoms with Gasteiger partial charge in [-0.2, -0.15) is 13.2 Å². The molecule has 1 aromatic heterocycles. The van der Waals surface area contributed by atoms with Gasteiger partial charge in [-0.25, -0.2) is 4.98 Å². The molecule has 3 aliphatic rings. The molecule has 36 heavy (non-hydrogen) atoms. The maximum Gasteiger partial charge on any atom is 0.434 e. The topological polar surface area (TPSA) is 129 Å². The molecule has 1 amide bonds. The number of carbonyl (C=O) groups is 1. The number of aliphatic hydroxyl groups excluding tert-OH is 2. The molecule has 4 N–H and O–H groups in total. The Morgan fingerprint density at radius 2 is 2.08 bits per heavy atom. The highest BCUT2D eigenvalue weighted by Crippen LogP contribution is 2.38. The summed E-state index contributed by atoms with van der Waals surface area (Å²) in [6.07, 6.45) is -6.32. The van der Waals surface area contributed by atoms with Crippen LogP contribution in [0.2, 0.25) is 0 Å². The van der Waals surface area contributed by atoms with Crippen molar-refractivity contribution in [2.75, 3.05) is 32.1 Å². The normalized spacial score (nSPS) is 30.1. The highest BCUT2D eigenvalue weighted by molar-refractivity contribution is 5.94. The van der Waals surface area contributed by atoms with Crippen molar-refractivity contribution >= 4 is 11.7 Å². The van der Waals surface area contributed by atoms with Gasteiger partial charge in [0.25, 0.3) is 5.91 Å². The van der Waals surface area contributed by atoms with Crippen molar-refractivity contribution in [2.24, 2.45) is 0 Å². The number of hydrogen-bond acceptors (Lipinski definition) is 9. The number of nitrogens with zero attached hydrogens (tertiary/aromatic N) is 3. The maximum atomic E-state index is 13.0. The SMILES string of the molecule is CN1CCc2cc(C(=O)NC[C@@]34CO[C@@H](O3)[C@H](Nc3cncc(C(F)(F)F)n3)[C@@H](O)[C@H]4O)ccc2C1. The number of likely N-dealkylation sites (N-methyl/N-ethyl adjacent to an activating group) is 1. The lowest BCUT2D eigenvalue weighted by molar-refractivity contribution is -0.212. The standard InChI is InChI=1S/C23H26F3N5O5/c1-31-5-4-12-6-13(2-3-14(12)9-31)20(34)28-10-22-11-35-21(36-22)17(18(32)19(22)33)30-16-8-27-7-15(29-16)23(24,25)26/h2-3,6-8,17-19,21,32-33H,4-5,9-11H2,1H3,(H,28,34)(H,29,30)/t17-,18-,19-,21+,22+/m1/s1. The third kappa shape index (κ3) is 4.64. The van der Waals surface area contributed by atoms with E-state index in [0.29, 0.717) is 11.8 Å². The molecule has 1 aromatic carbocycles.